The number of amidine groups is 1. The molecule has 4 heteroatoms. The van der Waals surface area contributed by atoms with Gasteiger partial charge in [-0.15, -0.1) is 0 Å². The molecule has 0 saturated carbocycles. The van der Waals surface area contributed by atoms with E-state index in [0.717, 1.165) is 0 Å². The predicted molar refractivity (Wildman–Crippen MR) is 60.3 cm³/mol. The lowest BCUT2D eigenvalue weighted by Crippen LogP contribution is -2.12. The van der Waals surface area contributed by atoms with Gasteiger partial charge in [-0.1, -0.05) is 31.0 Å². The Morgan fingerprint density at radius 1 is 1.69 bits per heavy atom. The summed E-state index contributed by atoms with van der Waals surface area (Å²) in [4.78, 5) is 4.11. The van der Waals surface area contributed by atoms with E-state index in [-0.39, 0.29) is 1.43 Å². The quantitative estimate of drug-likeness (QED) is 0.247. The number of aliphatic imine (C=N–C) groups is 1. The lowest BCUT2D eigenvalue weighted by atomic mass is 10.4. The molecule has 0 unspecified atom stereocenters. The van der Waals surface area contributed by atoms with E-state index in [2.05, 4.69) is 23.5 Å². The van der Waals surface area contributed by atoms with Crippen LogP contribution in [0.25, 0.3) is 0 Å². The van der Waals surface area contributed by atoms with Crippen molar-refractivity contribution in [2.75, 3.05) is 6.26 Å². The number of nitrogens with zero attached hydrogens (tertiary/aromatic N) is 2. The zero-order valence-corrected chi connectivity index (χ0v) is 8.27. The summed E-state index contributed by atoms with van der Waals surface area (Å²) in [6.45, 7) is 7.13. The van der Waals surface area contributed by atoms with Gasteiger partial charge < -0.3 is 0 Å². The highest BCUT2D eigenvalue weighted by Gasteiger charge is 1.94. The van der Waals surface area contributed by atoms with Gasteiger partial charge in [0.2, 0.25) is 0 Å². The number of allylic oxidation sites excluding steroid dienone is 3. The number of hydrogen-bond donors (Lipinski definition) is 1. The van der Waals surface area contributed by atoms with Crippen LogP contribution in [0.2, 0.25) is 0 Å². The molecular weight excluding hydrogens is 182 g/mol. The molecule has 0 spiro atoms. The molecule has 0 bridgehead atoms. The third-order valence-electron chi connectivity index (χ3n) is 1.08. The summed E-state index contributed by atoms with van der Waals surface area (Å²) in [5.74, 6) is 0. The highest BCUT2D eigenvalue weighted by Crippen LogP contribution is 2.03. The molecule has 0 aliphatic carbocycles. The Hall–Kier alpha value is -1.47. The smallest absolute Gasteiger partial charge is 0.183 e. The minimum atomic E-state index is 0. The Morgan fingerprint density at radius 2 is 2.38 bits per heavy atom. The Kier molecular flexibility index (Phi) is 6.38. The summed E-state index contributed by atoms with van der Waals surface area (Å²) >= 11 is 1.36. The monoisotopic (exact) mass is 195 g/mol. The highest BCUT2D eigenvalue weighted by atomic mass is 32.2. The maximum atomic E-state index is 8.36. The second-order valence-corrected chi connectivity index (χ2v) is 2.68. The first kappa shape index (κ1) is 11.5. The Labute approximate surface area is 84.0 Å². The van der Waals surface area contributed by atoms with Gasteiger partial charge in [0.25, 0.3) is 0 Å². The number of hydrogen-bond acceptors (Lipinski definition) is 3. The molecule has 0 radical (unpaired) electrons. The highest BCUT2D eigenvalue weighted by molar-refractivity contribution is 8.13. The summed E-state index contributed by atoms with van der Waals surface area (Å²) < 4.78 is 0. The molecular formula is C9H13N3S. The summed E-state index contributed by atoms with van der Waals surface area (Å²) in [5.41, 5.74) is 0.669. The van der Waals surface area contributed by atoms with Crippen molar-refractivity contribution in [2.45, 2.75) is 0 Å². The average molecular weight is 195 g/mol. The van der Waals surface area contributed by atoms with Crippen LogP contribution in [-0.4, -0.2) is 11.4 Å². The molecule has 0 aliphatic rings. The van der Waals surface area contributed by atoms with Crippen molar-refractivity contribution < 1.29 is 1.43 Å². The van der Waals surface area contributed by atoms with Gasteiger partial charge in [0.05, 0.1) is 5.70 Å². The third kappa shape index (κ3) is 4.88. The van der Waals surface area contributed by atoms with Gasteiger partial charge in [-0.25, -0.2) is 4.99 Å². The van der Waals surface area contributed by atoms with Crippen molar-refractivity contribution in [1.29, 1.82) is 5.26 Å². The second-order valence-electron chi connectivity index (χ2n) is 1.89. The molecule has 0 aromatic rings. The largest absolute Gasteiger partial charge is 0.271 e. The first-order valence-corrected chi connectivity index (χ1v) is 4.74. The zero-order chi connectivity index (χ0) is 10.1. The maximum Gasteiger partial charge on any atom is 0.183 e. The van der Waals surface area contributed by atoms with Gasteiger partial charge in [0.1, 0.15) is 0 Å². The Morgan fingerprint density at radius 3 is 2.77 bits per heavy atom. The second kappa shape index (κ2) is 7.19. The molecule has 0 fully saturated rings. The van der Waals surface area contributed by atoms with Gasteiger partial charge in [-0.2, -0.15) is 5.26 Å². The summed E-state index contributed by atoms with van der Waals surface area (Å²) in [7, 11) is 0. The number of rotatable bonds is 3. The van der Waals surface area contributed by atoms with Crippen molar-refractivity contribution in [2.24, 2.45) is 4.99 Å². The van der Waals surface area contributed by atoms with Gasteiger partial charge in [0.15, 0.2) is 11.4 Å². The molecule has 3 nitrogen and oxygen atoms in total. The molecule has 0 aromatic carbocycles. The van der Waals surface area contributed by atoms with Crippen LogP contribution in [0.4, 0.5) is 0 Å². The molecule has 0 rings (SSSR count). The molecule has 1 N–H and O–H groups in total. The normalized spacial score (nSPS) is 11.7. The van der Waals surface area contributed by atoms with Crippen LogP contribution in [-0.2, 0) is 0 Å². The van der Waals surface area contributed by atoms with Crippen LogP contribution in [0.5, 0.6) is 0 Å². The van der Waals surface area contributed by atoms with E-state index in [4.69, 9.17) is 5.26 Å². The van der Waals surface area contributed by atoms with Crippen LogP contribution >= 0.6 is 11.8 Å². The predicted octanol–water partition coefficient (Wildman–Crippen LogP) is 2.28. The molecule has 70 valence electrons. The van der Waals surface area contributed by atoms with Crippen molar-refractivity contribution >= 4 is 16.9 Å². The van der Waals surface area contributed by atoms with Gasteiger partial charge in [0, 0.05) is 1.43 Å². The fourth-order valence-electron chi connectivity index (χ4n) is 0.561. The topological polar surface area (TPSA) is 48.2 Å². The molecule has 0 atom stereocenters. The van der Waals surface area contributed by atoms with E-state index in [1.807, 2.05) is 6.26 Å². The molecule has 0 heterocycles. The molecule has 0 amide bonds. The summed E-state index contributed by atoms with van der Waals surface area (Å²) in [6, 6.07) is 0. The Balaban J connectivity index is 0. The van der Waals surface area contributed by atoms with Crippen LogP contribution < -0.4 is 5.32 Å². The van der Waals surface area contributed by atoms with E-state index < -0.39 is 0 Å². The van der Waals surface area contributed by atoms with Crippen LogP contribution in [0.3, 0.4) is 0 Å². The number of thioether (sulfide) groups is 1. The van der Waals surface area contributed by atoms with Gasteiger partial charge in [-0.3, -0.25) is 5.32 Å². The third-order valence-corrected chi connectivity index (χ3v) is 1.66. The van der Waals surface area contributed by atoms with Gasteiger partial charge in [-0.05, 0) is 18.4 Å². The Bertz CT molecular complexity index is 289. The first-order chi connectivity index (χ1) is 6.28. The van der Waals surface area contributed by atoms with E-state index in [0.29, 0.717) is 10.9 Å². The zero-order valence-electron chi connectivity index (χ0n) is 7.45. The minimum absolute atomic E-state index is 0. The van der Waals surface area contributed by atoms with Crippen molar-refractivity contribution in [1.82, 2.24) is 5.32 Å². The number of nitrogens with one attached hydrogen (secondary N) is 1. The maximum absolute atomic E-state index is 8.36. The standard InChI is InChI=1S/C9H11N3S.H2/c1-4-6-8(5-2)12-9(13-3)11-7-10;/h4-6H,1-2H2,3H3,(H,11,12);1H/b8-6+;. The average Bonchev–Trinajstić information content (AvgIpc) is 2.16. The summed E-state index contributed by atoms with van der Waals surface area (Å²) in [5, 5.41) is 11.4. The van der Waals surface area contributed by atoms with Crippen LogP contribution in [0.15, 0.2) is 42.1 Å². The van der Waals surface area contributed by atoms with Crippen molar-refractivity contribution in [3.8, 4) is 6.19 Å². The van der Waals surface area contributed by atoms with Crippen molar-refractivity contribution in [3.05, 3.63) is 37.1 Å². The molecule has 0 aromatic heterocycles. The van der Waals surface area contributed by atoms with E-state index >= 15 is 0 Å². The van der Waals surface area contributed by atoms with Crippen LogP contribution in [0.1, 0.15) is 1.43 Å². The van der Waals surface area contributed by atoms with Crippen LogP contribution in [0, 0.1) is 11.5 Å². The SMILES string of the molecule is C=C/C=C(\C=C)N=C(NC#N)SC.[HH]. The minimum Gasteiger partial charge on any atom is -0.271 e. The number of nitriles is 1. The van der Waals surface area contributed by atoms with Gasteiger partial charge >= 0.3 is 0 Å². The lowest BCUT2D eigenvalue weighted by molar-refractivity contribution is 1.26. The first-order valence-electron chi connectivity index (χ1n) is 3.51. The lowest BCUT2D eigenvalue weighted by Gasteiger charge is -1.98. The molecule has 13 heavy (non-hydrogen) atoms. The van der Waals surface area contributed by atoms with Crippen molar-refractivity contribution in [3.63, 3.8) is 0 Å². The fourth-order valence-corrected chi connectivity index (χ4v) is 0.906. The molecule has 0 saturated heterocycles. The summed E-state index contributed by atoms with van der Waals surface area (Å²) in [6.07, 6.45) is 8.55. The molecule has 0 aliphatic heterocycles. The fraction of sp³-hybridized carbons (Fsp3) is 0.111. The van der Waals surface area contributed by atoms with E-state index in [1.54, 1.807) is 24.4 Å². The van der Waals surface area contributed by atoms with E-state index in [1.165, 1.54) is 11.8 Å². The van der Waals surface area contributed by atoms with E-state index in [9.17, 15) is 0 Å².